The molecule has 3 nitrogen and oxygen atoms in total. The number of halogens is 3. The lowest BCUT2D eigenvalue weighted by molar-refractivity contribution is -0.119. The van der Waals surface area contributed by atoms with Crippen molar-refractivity contribution in [2.24, 2.45) is 5.92 Å². The molecule has 0 aliphatic carbocycles. The first-order chi connectivity index (χ1) is 8.45. The average Bonchev–Trinajstić information content (AvgIpc) is 2.32. The lowest BCUT2D eigenvalue weighted by Crippen LogP contribution is -2.30. The van der Waals surface area contributed by atoms with Crippen LogP contribution in [-0.4, -0.2) is 19.0 Å². The van der Waals surface area contributed by atoms with E-state index in [0.717, 1.165) is 18.7 Å². The van der Waals surface area contributed by atoms with Gasteiger partial charge in [-0.3, -0.25) is 4.79 Å². The highest BCUT2D eigenvalue weighted by Crippen LogP contribution is 2.17. The molecular formula is C12H15F3N2O. The first-order valence-electron chi connectivity index (χ1n) is 5.61. The zero-order valence-corrected chi connectivity index (χ0v) is 10.2. The van der Waals surface area contributed by atoms with Gasteiger partial charge in [-0.15, -0.1) is 0 Å². The molecule has 0 aliphatic rings. The summed E-state index contributed by atoms with van der Waals surface area (Å²) in [5, 5.41) is 5.31. The van der Waals surface area contributed by atoms with E-state index in [0.29, 0.717) is 6.54 Å². The zero-order valence-electron chi connectivity index (χ0n) is 10.2. The van der Waals surface area contributed by atoms with Gasteiger partial charge >= 0.3 is 0 Å². The summed E-state index contributed by atoms with van der Waals surface area (Å²) in [5.74, 6) is -4.95. The maximum absolute atomic E-state index is 12.9. The van der Waals surface area contributed by atoms with Gasteiger partial charge < -0.3 is 10.6 Å². The Morgan fingerprint density at radius 3 is 2.33 bits per heavy atom. The highest BCUT2D eigenvalue weighted by Gasteiger charge is 2.15. The van der Waals surface area contributed by atoms with E-state index in [-0.39, 0.29) is 17.5 Å². The van der Waals surface area contributed by atoms with Crippen molar-refractivity contribution in [1.29, 1.82) is 0 Å². The number of carbonyl (C=O) groups is 1. The van der Waals surface area contributed by atoms with E-state index in [1.807, 2.05) is 6.92 Å². The monoisotopic (exact) mass is 260 g/mol. The van der Waals surface area contributed by atoms with E-state index in [9.17, 15) is 18.0 Å². The number of anilines is 1. The Kier molecular flexibility index (Phi) is 5.15. The molecule has 1 aromatic carbocycles. The van der Waals surface area contributed by atoms with Gasteiger partial charge in [0.1, 0.15) is 0 Å². The summed E-state index contributed by atoms with van der Waals surface area (Å²) in [4.78, 5) is 11.6. The van der Waals surface area contributed by atoms with E-state index in [1.54, 1.807) is 6.92 Å². The summed E-state index contributed by atoms with van der Waals surface area (Å²) >= 11 is 0. The average molecular weight is 260 g/mol. The molecule has 0 spiro atoms. The molecule has 1 unspecified atom stereocenters. The molecule has 6 heteroatoms. The standard InChI is InChI=1S/C12H15F3N2O/c1-3-16-6-7(2)12(18)17-8-4-9(13)11(15)10(14)5-8/h4-5,7,16H,3,6H2,1-2H3,(H,17,18). The molecular weight excluding hydrogens is 245 g/mol. The van der Waals surface area contributed by atoms with Gasteiger partial charge in [-0.05, 0) is 6.54 Å². The minimum absolute atomic E-state index is 0.0975. The third-order valence-corrected chi connectivity index (χ3v) is 2.40. The van der Waals surface area contributed by atoms with Crippen molar-refractivity contribution in [2.75, 3.05) is 18.4 Å². The van der Waals surface area contributed by atoms with Gasteiger partial charge in [0.15, 0.2) is 17.5 Å². The molecule has 0 bridgehead atoms. The van der Waals surface area contributed by atoms with Crippen LogP contribution >= 0.6 is 0 Å². The van der Waals surface area contributed by atoms with Crippen molar-refractivity contribution in [2.45, 2.75) is 13.8 Å². The lowest BCUT2D eigenvalue weighted by Gasteiger charge is -2.12. The quantitative estimate of drug-likeness (QED) is 0.797. The molecule has 1 atom stereocenters. The van der Waals surface area contributed by atoms with Gasteiger partial charge in [-0.25, -0.2) is 13.2 Å². The zero-order chi connectivity index (χ0) is 13.7. The number of hydrogen-bond donors (Lipinski definition) is 2. The Balaban J connectivity index is 2.70. The van der Waals surface area contributed by atoms with E-state index in [4.69, 9.17) is 0 Å². The second-order valence-electron chi connectivity index (χ2n) is 3.95. The van der Waals surface area contributed by atoms with Crippen LogP contribution < -0.4 is 10.6 Å². The van der Waals surface area contributed by atoms with Gasteiger partial charge in [0.05, 0.1) is 0 Å². The van der Waals surface area contributed by atoms with Crippen molar-refractivity contribution in [3.05, 3.63) is 29.6 Å². The van der Waals surface area contributed by atoms with Gasteiger partial charge in [-0.1, -0.05) is 13.8 Å². The maximum Gasteiger partial charge on any atom is 0.228 e. The van der Waals surface area contributed by atoms with Crippen LogP contribution in [0.2, 0.25) is 0 Å². The molecule has 0 saturated carbocycles. The van der Waals surface area contributed by atoms with Gasteiger partial charge in [0, 0.05) is 30.3 Å². The van der Waals surface area contributed by atoms with Crippen LogP contribution in [0.4, 0.5) is 18.9 Å². The Morgan fingerprint density at radius 1 is 1.28 bits per heavy atom. The van der Waals surface area contributed by atoms with Crippen molar-refractivity contribution >= 4 is 11.6 Å². The van der Waals surface area contributed by atoms with Crippen molar-refractivity contribution in [1.82, 2.24) is 5.32 Å². The fraction of sp³-hybridized carbons (Fsp3) is 0.417. The largest absolute Gasteiger partial charge is 0.326 e. The molecule has 18 heavy (non-hydrogen) atoms. The summed E-state index contributed by atoms with van der Waals surface area (Å²) in [7, 11) is 0. The SMILES string of the molecule is CCNCC(C)C(=O)Nc1cc(F)c(F)c(F)c1. The van der Waals surface area contributed by atoms with Crippen molar-refractivity contribution in [3.63, 3.8) is 0 Å². The maximum atomic E-state index is 12.9. The minimum atomic E-state index is -1.55. The molecule has 0 aliphatic heterocycles. The normalized spacial score (nSPS) is 12.3. The smallest absolute Gasteiger partial charge is 0.228 e. The molecule has 0 saturated heterocycles. The number of hydrogen-bond acceptors (Lipinski definition) is 2. The fourth-order valence-corrected chi connectivity index (χ4v) is 1.35. The molecule has 1 rings (SSSR count). The minimum Gasteiger partial charge on any atom is -0.326 e. The van der Waals surface area contributed by atoms with E-state index >= 15 is 0 Å². The summed E-state index contributed by atoms with van der Waals surface area (Å²) in [6.07, 6.45) is 0. The molecule has 2 N–H and O–H groups in total. The van der Waals surface area contributed by atoms with Gasteiger partial charge in [0.2, 0.25) is 5.91 Å². The van der Waals surface area contributed by atoms with E-state index in [2.05, 4.69) is 10.6 Å². The van der Waals surface area contributed by atoms with Crippen LogP contribution in [0, 0.1) is 23.4 Å². The molecule has 0 fully saturated rings. The number of rotatable bonds is 5. The highest BCUT2D eigenvalue weighted by molar-refractivity contribution is 5.92. The Morgan fingerprint density at radius 2 is 1.83 bits per heavy atom. The number of nitrogens with one attached hydrogen (secondary N) is 2. The van der Waals surface area contributed by atoms with Crippen molar-refractivity contribution < 1.29 is 18.0 Å². The lowest BCUT2D eigenvalue weighted by atomic mass is 10.1. The summed E-state index contributed by atoms with van der Waals surface area (Å²) in [6.45, 7) is 4.75. The topological polar surface area (TPSA) is 41.1 Å². The number of carbonyl (C=O) groups excluding carboxylic acids is 1. The summed E-state index contributed by atoms with van der Waals surface area (Å²) in [5.41, 5.74) is -0.0975. The van der Waals surface area contributed by atoms with E-state index < -0.39 is 17.5 Å². The highest BCUT2D eigenvalue weighted by atomic mass is 19.2. The Hall–Kier alpha value is -1.56. The molecule has 0 aromatic heterocycles. The molecule has 0 radical (unpaired) electrons. The molecule has 1 amide bonds. The molecule has 0 heterocycles. The first-order valence-corrected chi connectivity index (χ1v) is 5.61. The van der Waals surface area contributed by atoms with Crippen LogP contribution in [0.3, 0.4) is 0 Å². The Labute approximate surface area is 103 Å². The third kappa shape index (κ3) is 3.73. The summed E-state index contributed by atoms with van der Waals surface area (Å²) in [6, 6.07) is 1.49. The van der Waals surface area contributed by atoms with Crippen molar-refractivity contribution in [3.8, 4) is 0 Å². The third-order valence-electron chi connectivity index (χ3n) is 2.40. The number of amides is 1. The Bertz CT molecular complexity index is 414. The second-order valence-corrected chi connectivity index (χ2v) is 3.95. The van der Waals surface area contributed by atoms with Crippen LogP contribution in [0.15, 0.2) is 12.1 Å². The van der Waals surface area contributed by atoms with Gasteiger partial charge in [0.25, 0.3) is 0 Å². The predicted octanol–water partition coefficient (Wildman–Crippen LogP) is 2.29. The van der Waals surface area contributed by atoms with Gasteiger partial charge in [-0.2, -0.15) is 0 Å². The van der Waals surface area contributed by atoms with Crippen LogP contribution in [0.1, 0.15) is 13.8 Å². The van der Waals surface area contributed by atoms with E-state index in [1.165, 1.54) is 0 Å². The fourth-order valence-electron chi connectivity index (χ4n) is 1.35. The molecule has 1 aromatic rings. The molecule has 100 valence electrons. The van der Waals surface area contributed by atoms with Crippen LogP contribution in [0.5, 0.6) is 0 Å². The second kappa shape index (κ2) is 6.39. The predicted molar refractivity (Wildman–Crippen MR) is 62.7 cm³/mol. The van der Waals surface area contributed by atoms with Crippen LogP contribution in [0.25, 0.3) is 0 Å². The van der Waals surface area contributed by atoms with Crippen LogP contribution in [-0.2, 0) is 4.79 Å². The first kappa shape index (κ1) is 14.5. The summed E-state index contributed by atoms with van der Waals surface area (Å²) < 4.78 is 38.5. The number of benzene rings is 1.